The number of anilines is 1. The van der Waals surface area contributed by atoms with Crippen LogP contribution in [0.2, 0.25) is 0 Å². The van der Waals surface area contributed by atoms with Crippen molar-refractivity contribution in [1.82, 2.24) is 4.98 Å². The lowest BCUT2D eigenvalue weighted by atomic mass is 10.2. The van der Waals surface area contributed by atoms with Gasteiger partial charge in [-0.2, -0.15) is 18.3 Å². The van der Waals surface area contributed by atoms with E-state index in [0.717, 1.165) is 12.3 Å². The molecule has 0 aliphatic heterocycles. The molecule has 0 radical (unpaired) electrons. The van der Waals surface area contributed by atoms with Crippen LogP contribution in [0.15, 0.2) is 41.6 Å². The van der Waals surface area contributed by atoms with Crippen molar-refractivity contribution in [2.24, 2.45) is 5.10 Å². The number of rotatable bonds is 5. The van der Waals surface area contributed by atoms with E-state index in [2.05, 4.69) is 15.5 Å². The summed E-state index contributed by atoms with van der Waals surface area (Å²) in [4.78, 5) is 3.65. The van der Waals surface area contributed by atoms with Crippen LogP contribution in [0.1, 0.15) is 11.1 Å². The highest BCUT2D eigenvalue weighted by Crippen LogP contribution is 2.28. The summed E-state index contributed by atoms with van der Waals surface area (Å²) in [6, 6.07) is 7.30. The minimum Gasteiger partial charge on any atom is -0.497 e. The van der Waals surface area contributed by atoms with Crippen LogP contribution in [0, 0.1) is 0 Å². The Hall–Kier alpha value is -2.77. The van der Waals surface area contributed by atoms with E-state index in [4.69, 9.17) is 9.47 Å². The number of hydrazone groups is 1. The molecule has 2 aromatic rings. The zero-order valence-electron chi connectivity index (χ0n) is 12.4. The van der Waals surface area contributed by atoms with E-state index in [-0.39, 0.29) is 5.82 Å². The molecule has 122 valence electrons. The van der Waals surface area contributed by atoms with Gasteiger partial charge < -0.3 is 9.47 Å². The Kier molecular flexibility index (Phi) is 5.05. The fraction of sp³-hybridized carbons (Fsp3) is 0.200. The molecule has 5 nitrogen and oxygen atoms in total. The van der Waals surface area contributed by atoms with Gasteiger partial charge in [-0.3, -0.25) is 5.43 Å². The summed E-state index contributed by atoms with van der Waals surface area (Å²) in [7, 11) is 3.06. The van der Waals surface area contributed by atoms with Crippen LogP contribution in [0.3, 0.4) is 0 Å². The molecule has 1 N–H and O–H groups in total. The van der Waals surface area contributed by atoms with Crippen molar-refractivity contribution in [3.63, 3.8) is 0 Å². The van der Waals surface area contributed by atoms with E-state index >= 15 is 0 Å². The third kappa shape index (κ3) is 4.60. The van der Waals surface area contributed by atoms with Crippen molar-refractivity contribution in [3.8, 4) is 11.5 Å². The van der Waals surface area contributed by atoms with Gasteiger partial charge in [0.05, 0.1) is 26.0 Å². The van der Waals surface area contributed by atoms with Crippen molar-refractivity contribution in [1.29, 1.82) is 0 Å². The lowest BCUT2D eigenvalue weighted by Gasteiger charge is -2.07. The Labute approximate surface area is 130 Å². The molecular weight excluding hydrogens is 311 g/mol. The maximum Gasteiger partial charge on any atom is 0.417 e. The molecule has 0 unspecified atom stereocenters. The van der Waals surface area contributed by atoms with Gasteiger partial charge in [0.15, 0.2) is 0 Å². The molecule has 0 aliphatic carbocycles. The van der Waals surface area contributed by atoms with E-state index in [0.29, 0.717) is 17.1 Å². The fourth-order valence-corrected chi connectivity index (χ4v) is 1.70. The first kappa shape index (κ1) is 16.6. The number of aromatic nitrogens is 1. The van der Waals surface area contributed by atoms with Crippen LogP contribution in [0.5, 0.6) is 11.5 Å². The minimum atomic E-state index is -4.41. The van der Waals surface area contributed by atoms with E-state index in [1.807, 2.05) is 0 Å². The predicted molar refractivity (Wildman–Crippen MR) is 80.0 cm³/mol. The van der Waals surface area contributed by atoms with Gasteiger partial charge in [0.25, 0.3) is 0 Å². The van der Waals surface area contributed by atoms with Crippen LogP contribution in [-0.2, 0) is 6.18 Å². The topological polar surface area (TPSA) is 55.7 Å². The zero-order chi connectivity index (χ0) is 16.9. The number of nitrogens with zero attached hydrogens (tertiary/aromatic N) is 2. The molecule has 0 bridgehead atoms. The second kappa shape index (κ2) is 6.99. The van der Waals surface area contributed by atoms with Gasteiger partial charge in [-0.25, -0.2) is 4.98 Å². The summed E-state index contributed by atoms with van der Waals surface area (Å²) in [6.07, 6.45) is -2.19. The minimum absolute atomic E-state index is 0.198. The second-order valence-electron chi connectivity index (χ2n) is 4.45. The largest absolute Gasteiger partial charge is 0.497 e. The van der Waals surface area contributed by atoms with Crippen LogP contribution >= 0.6 is 0 Å². The Morgan fingerprint density at radius 1 is 1.09 bits per heavy atom. The van der Waals surface area contributed by atoms with E-state index in [1.165, 1.54) is 26.5 Å². The smallest absolute Gasteiger partial charge is 0.417 e. The average Bonchev–Trinajstić information content (AvgIpc) is 2.54. The maximum atomic E-state index is 12.4. The molecule has 1 aromatic carbocycles. The molecule has 0 atom stereocenters. The molecule has 0 fully saturated rings. The monoisotopic (exact) mass is 325 g/mol. The fourth-order valence-electron chi connectivity index (χ4n) is 1.70. The van der Waals surface area contributed by atoms with Crippen LogP contribution in [0.4, 0.5) is 19.0 Å². The van der Waals surface area contributed by atoms with Gasteiger partial charge in [-0.05, 0) is 24.3 Å². The summed E-state index contributed by atoms with van der Waals surface area (Å²) in [5, 5.41) is 3.92. The number of alkyl halides is 3. The molecule has 0 saturated heterocycles. The molecular formula is C15H14F3N3O2. The van der Waals surface area contributed by atoms with Crippen LogP contribution in [-0.4, -0.2) is 25.4 Å². The number of benzene rings is 1. The van der Waals surface area contributed by atoms with Crippen molar-refractivity contribution in [2.75, 3.05) is 19.6 Å². The first-order chi connectivity index (χ1) is 10.9. The van der Waals surface area contributed by atoms with Crippen molar-refractivity contribution >= 4 is 12.0 Å². The van der Waals surface area contributed by atoms with Crippen molar-refractivity contribution in [2.45, 2.75) is 6.18 Å². The Morgan fingerprint density at radius 2 is 1.74 bits per heavy atom. The van der Waals surface area contributed by atoms with Crippen LogP contribution < -0.4 is 14.9 Å². The molecule has 0 saturated carbocycles. The molecule has 0 amide bonds. The van der Waals surface area contributed by atoms with Gasteiger partial charge in [0.2, 0.25) is 0 Å². The maximum absolute atomic E-state index is 12.4. The third-order valence-electron chi connectivity index (χ3n) is 2.86. The number of hydrogen-bond donors (Lipinski definition) is 1. The van der Waals surface area contributed by atoms with Gasteiger partial charge in [-0.1, -0.05) is 0 Å². The number of ether oxygens (including phenoxy) is 2. The predicted octanol–water partition coefficient (Wildman–Crippen LogP) is 3.56. The Balaban J connectivity index is 2.07. The Morgan fingerprint density at radius 3 is 2.22 bits per heavy atom. The first-order valence-corrected chi connectivity index (χ1v) is 6.48. The summed E-state index contributed by atoms with van der Waals surface area (Å²) in [5.41, 5.74) is 2.44. The molecule has 8 heteroatoms. The van der Waals surface area contributed by atoms with E-state index in [1.54, 1.807) is 18.2 Å². The zero-order valence-corrected chi connectivity index (χ0v) is 12.4. The van der Waals surface area contributed by atoms with Crippen LogP contribution in [0.25, 0.3) is 0 Å². The Bertz CT molecular complexity index is 663. The number of methoxy groups -OCH3 is 2. The number of halogens is 3. The highest BCUT2D eigenvalue weighted by atomic mass is 19.4. The van der Waals surface area contributed by atoms with E-state index in [9.17, 15) is 13.2 Å². The first-order valence-electron chi connectivity index (χ1n) is 6.48. The van der Waals surface area contributed by atoms with Crippen molar-refractivity contribution in [3.05, 3.63) is 47.7 Å². The quantitative estimate of drug-likeness (QED) is 0.674. The molecule has 0 aliphatic rings. The SMILES string of the molecule is COc1cc(/C=N/Nc2ccc(C(F)(F)F)cn2)cc(OC)c1. The third-order valence-corrected chi connectivity index (χ3v) is 2.86. The summed E-state index contributed by atoms with van der Waals surface area (Å²) in [5.74, 6) is 1.39. The van der Waals surface area contributed by atoms with Gasteiger partial charge in [0.1, 0.15) is 17.3 Å². The van der Waals surface area contributed by atoms with E-state index < -0.39 is 11.7 Å². The number of hydrogen-bond acceptors (Lipinski definition) is 5. The van der Waals surface area contributed by atoms with Crippen molar-refractivity contribution < 1.29 is 22.6 Å². The lowest BCUT2D eigenvalue weighted by molar-refractivity contribution is -0.137. The van der Waals surface area contributed by atoms with Gasteiger partial charge in [-0.15, -0.1) is 0 Å². The lowest BCUT2D eigenvalue weighted by Crippen LogP contribution is -2.05. The molecule has 0 spiro atoms. The average molecular weight is 325 g/mol. The molecule has 2 rings (SSSR count). The van der Waals surface area contributed by atoms with Gasteiger partial charge in [0, 0.05) is 17.8 Å². The highest BCUT2D eigenvalue weighted by molar-refractivity contribution is 5.81. The summed E-state index contributed by atoms with van der Waals surface area (Å²) < 4.78 is 47.5. The normalized spacial score (nSPS) is 11.5. The summed E-state index contributed by atoms with van der Waals surface area (Å²) >= 11 is 0. The number of nitrogens with one attached hydrogen (secondary N) is 1. The number of pyridine rings is 1. The second-order valence-corrected chi connectivity index (χ2v) is 4.45. The molecule has 23 heavy (non-hydrogen) atoms. The highest BCUT2D eigenvalue weighted by Gasteiger charge is 2.30. The summed E-state index contributed by atoms with van der Waals surface area (Å²) in [6.45, 7) is 0. The molecule has 1 aromatic heterocycles. The standard InChI is InChI=1S/C15H14F3N3O2/c1-22-12-5-10(6-13(7-12)23-2)8-20-21-14-4-3-11(9-19-14)15(16,17)18/h3-9H,1-2H3,(H,19,21)/b20-8+. The van der Waals surface area contributed by atoms with Gasteiger partial charge >= 0.3 is 6.18 Å². The molecule has 1 heterocycles.